The highest BCUT2D eigenvalue weighted by atomic mass is 32.2. The molecule has 2 aromatic carbocycles. The maximum Gasteiger partial charge on any atom is 0.264 e. The summed E-state index contributed by atoms with van der Waals surface area (Å²) in [6.45, 7) is 1.96. The molecule has 1 amide bonds. The van der Waals surface area contributed by atoms with Gasteiger partial charge in [0, 0.05) is 0 Å². The van der Waals surface area contributed by atoms with E-state index in [0.29, 0.717) is 18.1 Å². The lowest BCUT2D eigenvalue weighted by Crippen LogP contribution is -2.40. The van der Waals surface area contributed by atoms with Crippen molar-refractivity contribution in [1.29, 1.82) is 0 Å². The maximum absolute atomic E-state index is 13.3. The Hall–Kier alpha value is -3.33. The largest absolute Gasteiger partial charge is 0.494 e. The SMILES string of the molecule is CCOc1ccc(N(CC(=O)NCc2ccco2)S(=O)(=O)c2ccc(F)cc2)cc1. The maximum atomic E-state index is 13.3. The van der Waals surface area contributed by atoms with Gasteiger partial charge in [-0.3, -0.25) is 9.10 Å². The first-order valence-corrected chi connectivity index (χ1v) is 10.6. The second-order valence-corrected chi connectivity index (χ2v) is 8.11. The van der Waals surface area contributed by atoms with Crippen molar-refractivity contribution < 1.29 is 26.8 Å². The third-order valence-electron chi connectivity index (χ3n) is 4.16. The van der Waals surface area contributed by atoms with E-state index in [1.165, 1.54) is 6.26 Å². The molecule has 0 bridgehead atoms. The number of carbonyl (C=O) groups is 1. The van der Waals surface area contributed by atoms with E-state index in [2.05, 4.69) is 5.32 Å². The van der Waals surface area contributed by atoms with Gasteiger partial charge in [-0.15, -0.1) is 0 Å². The number of furan rings is 1. The third kappa shape index (κ3) is 5.18. The number of carbonyl (C=O) groups excluding carboxylic acids is 1. The summed E-state index contributed by atoms with van der Waals surface area (Å²) in [6, 6.07) is 14.1. The predicted octanol–water partition coefficient (Wildman–Crippen LogP) is 3.33. The molecule has 7 nitrogen and oxygen atoms in total. The van der Waals surface area contributed by atoms with E-state index >= 15 is 0 Å². The molecule has 1 aromatic heterocycles. The minimum atomic E-state index is -4.12. The molecule has 0 fully saturated rings. The Morgan fingerprint density at radius 1 is 1.10 bits per heavy atom. The number of benzene rings is 2. The van der Waals surface area contributed by atoms with E-state index in [1.807, 2.05) is 6.92 Å². The zero-order chi connectivity index (χ0) is 21.6. The highest BCUT2D eigenvalue weighted by Crippen LogP contribution is 2.26. The van der Waals surface area contributed by atoms with E-state index < -0.39 is 28.3 Å². The fraction of sp³-hybridized carbons (Fsp3) is 0.190. The second kappa shape index (κ2) is 9.45. The first-order valence-electron chi connectivity index (χ1n) is 9.20. The number of ether oxygens (including phenoxy) is 1. The van der Waals surface area contributed by atoms with Crippen molar-refractivity contribution in [2.75, 3.05) is 17.5 Å². The zero-order valence-corrected chi connectivity index (χ0v) is 17.1. The van der Waals surface area contributed by atoms with Crippen LogP contribution in [0.15, 0.2) is 76.2 Å². The van der Waals surface area contributed by atoms with Gasteiger partial charge in [0.2, 0.25) is 5.91 Å². The molecule has 1 heterocycles. The summed E-state index contributed by atoms with van der Waals surface area (Å²) in [7, 11) is -4.12. The van der Waals surface area contributed by atoms with Gasteiger partial charge in [-0.05, 0) is 67.6 Å². The van der Waals surface area contributed by atoms with Crippen LogP contribution in [0.2, 0.25) is 0 Å². The number of rotatable bonds is 9. The highest BCUT2D eigenvalue weighted by Gasteiger charge is 2.27. The van der Waals surface area contributed by atoms with Crippen LogP contribution in [0.1, 0.15) is 12.7 Å². The number of hydrogen-bond acceptors (Lipinski definition) is 5. The topological polar surface area (TPSA) is 88.8 Å². The summed E-state index contributed by atoms with van der Waals surface area (Å²) in [5.41, 5.74) is 0.274. The van der Waals surface area contributed by atoms with Crippen molar-refractivity contribution in [3.63, 3.8) is 0 Å². The number of amides is 1. The van der Waals surface area contributed by atoms with Crippen molar-refractivity contribution in [3.05, 3.63) is 78.5 Å². The molecule has 0 unspecified atom stereocenters. The molecule has 9 heteroatoms. The number of halogens is 1. The molecule has 3 aromatic rings. The monoisotopic (exact) mass is 432 g/mol. The van der Waals surface area contributed by atoms with Crippen LogP contribution >= 0.6 is 0 Å². The van der Waals surface area contributed by atoms with Gasteiger partial charge in [-0.25, -0.2) is 12.8 Å². The van der Waals surface area contributed by atoms with Crippen LogP contribution in [0.25, 0.3) is 0 Å². The van der Waals surface area contributed by atoms with Gasteiger partial charge < -0.3 is 14.5 Å². The molecule has 0 saturated carbocycles. The van der Waals surface area contributed by atoms with Crippen LogP contribution in [-0.4, -0.2) is 27.5 Å². The Balaban J connectivity index is 1.87. The van der Waals surface area contributed by atoms with Crippen LogP contribution < -0.4 is 14.4 Å². The fourth-order valence-corrected chi connectivity index (χ4v) is 4.13. The van der Waals surface area contributed by atoms with Crippen LogP contribution in [-0.2, 0) is 21.4 Å². The first-order chi connectivity index (χ1) is 14.4. The van der Waals surface area contributed by atoms with Gasteiger partial charge in [-0.1, -0.05) is 0 Å². The molecule has 0 atom stereocenters. The second-order valence-electron chi connectivity index (χ2n) is 6.25. The molecular weight excluding hydrogens is 411 g/mol. The van der Waals surface area contributed by atoms with E-state index in [0.717, 1.165) is 28.6 Å². The van der Waals surface area contributed by atoms with Crippen LogP contribution in [0.3, 0.4) is 0 Å². The first kappa shape index (κ1) is 21.4. The molecule has 1 N–H and O–H groups in total. The Bertz CT molecular complexity index is 1070. The van der Waals surface area contributed by atoms with Crippen LogP contribution in [0, 0.1) is 5.82 Å². The van der Waals surface area contributed by atoms with Gasteiger partial charge in [-0.2, -0.15) is 0 Å². The van der Waals surface area contributed by atoms with Crippen molar-refractivity contribution in [2.24, 2.45) is 0 Å². The Morgan fingerprint density at radius 3 is 2.40 bits per heavy atom. The van der Waals surface area contributed by atoms with Crippen LogP contribution in [0.5, 0.6) is 5.75 Å². The average Bonchev–Trinajstić information content (AvgIpc) is 3.25. The highest BCUT2D eigenvalue weighted by molar-refractivity contribution is 7.92. The number of hydrogen-bond donors (Lipinski definition) is 1. The summed E-state index contributed by atoms with van der Waals surface area (Å²) in [6.07, 6.45) is 1.48. The standard InChI is InChI=1S/C21H21FN2O5S/c1-2-28-18-9-7-17(8-10-18)24(15-21(25)23-14-19-4-3-13-29-19)30(26,27)20-11-5-16(22)6-12-20/h3-13H,2,14-15H2,1H3,(H,23,25). The van der Waals surface area contributed by atoms with Gasteiger partial charge in [0.05, 0.1) is 30.0 Å². The molecule has 30 heavy (non-hydrogen) atoms. The lowest BCUT2D eigenvalue weighted by molar-refractivity contribution is -0.119. The quantitative estimate of drug-likeness (QED) is 0.560. The van der Waals surface area contributed by atoms with Crippen molar-refractivity contribution in [1.82, 2.24) is 5.32 Å². The van der Waals surface area contributed by atoms with Gasteiger partial charge in [0.25, 0.3) is 10.0 Å². The molecule has 3 rings (SSSR count). The molecule has 0 radical (unpaired) electrons. The lowest BCUT2D eigenvalue weighted by atomic mass is 10.3. The molecule has 0 aliphatic rings. The minimum absolute atomic E-state index is 0.125. The van der Waals surface area contributed by atoms with Crippen LogP contribution in [0.4, 0.5) is 10.1 Å². The zero-order valence-electron chi connectivity index (χ0n) is 16.2. The van der Waals surface area contributed by atoms with Crippen molar-refractivity contribution in [2.45, 2.75) is 18.4 Å². The minimum Gasteiger partial charge on any atom is -0.494 e. The Labute approximate surface area is 174 Å². The Morgan fingerprint density at radius 2 is 1.80 bits per heavy atom. The summed E-state index contributed by atoms with van der Waals surface area (Å²) in [5.74, 6) is 0.0312. The average molecular weight is 432 g/mol. The predicted molar refractivity (Wildman–Crippen MR) is 109 cm³/mol. The van der Waals surface area contributed by atoms with E-state index in [-0.39, 0.29) is 17.1 Å². The molecular formula is C21H21FN2O5S. The molecule has 0 aliphatic heterocycles. The smallest absolute Gasteiger partial charge is 0.264 e. The number of anilines is 1. The van der Waals surface area contributed by atoms with Gasteiger partial charge >= 0.3 is 0 Å². The Kier molecular flexibility index (Phi) is 6.73. The fourth-order valence-electron chi connectivity index (χ4n) is 2.71. The lowest BCUT2D eigenvalue weighted by Gasteiger charge is -2.24. The third-order valence-corrected chi connectivity index (χ3v) is 5.95. The summed E-state index contributed by atoms with van der Waals surface area (Å²) >= 11 is 0. The molecule has 0 spiro atoms. The number of nitrogens with zero attached hydrogens (tertiary/aromatic N) is 1. The van der Waals surface area contributed by atoms with Crippen molar-refractivity contribution >= 4 is 21.6 Å². The number of sulfonamides is 1. The molecule has 0 saturated heterocycles. The summed E-state index contributed by atoms with van der Waals surface area (Å²) < 4.78 is 51.2. The van der Waals surface area contributed by atoms with Crippen molar-refractivity contribution in [3.8, 4) is 5.75 Å². The number of nitrogens with one attached hydrogen (secondary N) is 1. The summed E-state index contributed by atoms with van der Waals surface area (Å²) in [5, 5.41) is 2.63. The van der Waals surface area contributed by atoms with E-state index in [9.17, 15) is 17.6 Å². The van der Waals surface area contributed by atoms with E-state index in [1.54, 1.807) is 36.4 Å². The molecule has 0 aliphatic carbocycles. The molecule has 158 valence electrons. The van der Waals surface area contributed by atoms with E-state index in [4.69, 9.17) is 9.15 Å². The van der Waals surface area contributed by atoms with Gasteiger partial charge in [0.15, 0.2) is 0 Å². The summed E-state index contributed by atoms with van der Waals surface area (Å²) in [4.78, 5) is 12.4. The normalized spacial score (nSPS) is 11.1. The van der Waals surface area contributed by atoms with Gasteiger partial charge in [0.1, 0.15) is 23.9 Å².